The second-order valence-corrected chi connectivity index (χ2v) is 6.37. The van der Waals surface area contributed by atoms with E-state index in [1.165, 1.54) is 0 Å². The molecule has 106 valence electrons. The normalized spacial score (nSPS) is 11.5. The van der Waals surface area contributed by atoms with E-state index in [0.717, 1.165) is 17.8 Å². The summed E-state index contributed by atoms with van der Waals surface area (Å²) in [5, 5.41) is 3.39. The van der Waals surface area contributed by atoms with Crippen LogP contribution in [0.1, 0.15) is 40.2 Å². The molecule has 0 radical (unpaired) electrons. The van der Waals surface area contributed by atoms with Crippen LogP contribution in [0, 0.1) is 11.3 Å². The third kappa shape index (κ3) is 6.27. The highest BCUT2D eigenvalue weighted by molar-refractivity contribution is 5.71. The summed E-state index contributed by atoms with van der Waals surface area (Å²) in [6.07, 6.45) is 0. The van der Waals surface area contributed by atoms with Crippen molar-refractivity contribution in [2.45, 2.75) is 41.2 Å². The number of rotatable bonds is 5. The standard InChI is InChI=1S/C16H25NO2/c1-12(2)15(18)19-10-13-6-8-14(9-7-13)17-11-16(3,4)5/h6-9,12,17H,10-11H2,1-5H3. The Morgan fingerprint density at radius 3 is 2.26 bits per heavy atom. The first-order chi connectivity index (χ1) is 8.78. The van der Waals surface area contributed by atoms with E-state index in [2.05, 4.69) is 26.1 Å². The molecule has 0 unspecified atom stereocenters. The van der Waals surface area contributed by atoms with E-state index in [1.807, 2.05) is 38.1 Å². The summed E-state index contributed by atoms with van der Waals surface area (Å²) in [5.41, 5.74) is 2.36. The number of esters is 1. The zero-order valence-electron chi connectivity index (χ0n) is 12.6. The summed E-state index contributed by atoms with van der Waals surface area (Å²) in [4.78, 5) is 11.4. The lowest BCUT2D eigenvalue weighted by Gasteiger charge is -2.19. The van der Waals surface area contributed by atoms with Crippen LogP contribution in [0.25, 0.3) is 0 Å². The molecule has 3 nitrogen and oxygen atoms in total. The fraction of sp³-hybridized carbons (Fsp3) is 0.562. The van der Waals surface area contributed by atoms with Crippen LogP contribution in [0.2, 0.25) is 0 Å². The van der Waals surface area contributed by atoms with Gasteiger partial charge >= 0.3 is 5.97 Å². The van der Waals surface area contributed by atoms with Gasteiger partial charge in [-0.25, -0.2) is 0 Å². The number of carbonyl (C=O) groups is 1. The van der Waals surface area contributed by atoms with Gasteiger partial charge in [0.05, 0.1) is 5.92 Å². The SMILES string of the molecule is CC(C)C(=O)OCc1ccc(NCC(C)(C)C)cc1. The minimum absolute atomic E-state index is 0.0762. The summed E-state index contributed by atoms with van der Waals surface area (Å²) in [5.74, 6) is -0.234. The molecule has 0 saturated carbocycles. The largest absolute Gasteiger partial charge is 0.461 e. The predicted molar refractivity (Wildman–Crippen MR) is 79.0 cm³/mol. The van der Waals surface area contributed by atoms with Crippen molar-refractivity contribution in [2.24, 2.45) is 11.3 Å². The molecule has 1 aromatic rings. The van der Waals surface area contributed by atoms with E-state index in [9.17, 15) is 4.79 Å². The fourth-order valence-electron chi connectivity index (χ4n) is 1.41. The molecule has 19 heavy (non-hydrogen) atoms. The van der Waals surface area contributed by atoms with Crippen LogP contribution < -0.4 is 5.32 Å². The second kappa shape index (κ2) is 6.60. The maximum Gasteiger partial charge on any atom is 0.308 e. The predicted octanol–water partition coefficient (Wildman–Crippen LogP) is 3.84. The minimum atomic E-state index is -0.157. The molecule has 0 spiro atoms. The third-order valence-electron chi connectivity index (χ3n) is 2.63. The molecular formula is C16H25NO2. The van der Waals surface area contributed by atoms with Crippen molar-refractivity contribution in [3.05, 3.63) is 29.8 Å². The van der Waals surface area contributed by atoms with Gasteiger partial charge in [-0.3, -0.25) is 4.79 Å². The molecule has 1 N–H and O–H groups in total. The Kier molecular flexibility index (Phi) is 5.40. The summed E-state index contributed by atoms with van der Waals surface area (Å²) in [7, 11) is 0. The molecule has 0 atom stereocenters. The molecular weight excluding hydrogens is 238 g/mol. The van der Waals surface area contributed by atoms with Gasteiger partial charge in [-0.05, 0) is 23.1 Å². The zero-order valence-corrected chi connectivity index (χ0v) is 12.6. The van der Waals surface area contributed by atoms with Gasteiger partial charge in [0.15, 0.2) is 0 Å². The molecule has 0 aliphatic rings. The van der Waals surface area contributed by atoms with Gasteiger partial charge < -0.3 is 10.1 Å². The van der Waals surface area contributed by atoms with Crippen LogP contribution in [-0.4, -0.2) is 12.5 Å². The minimum Gasteiger partial charge on any atom is -0.461 e. The molecule has 0 aliphatic carbocycles. The number of hydrogen-bond acceptors (Lipinski definition) is 3. The Hall–Kier alpha value is -1.51. The van der Waals surface area contributed by atoms with Crippen molar-refractivity contribution < 1.29 is 9.53 Å². The van der Waals surface area contributed by atoms with Crippen molar-refractivity contribution in [2.75, 3.05) is 11.9 Å². The van der Waals surface area contributed by atoms with Crippen LogP contribution in [0.3, 0.4) is 0 Å². The molecule has 0 fully saturated rings. The van der Waals surface area contributed by atoms with Gasteiger partial charge in [0.2, 0.25) is 0 Å². The lowest BCUT2D eigenvalue weighted by molar-refractivity contribution is -0.148. The molecule has 1 rings (SSSR count). The molecule has 3 heteroatoms. The van der Waals surface area contributed by atoms with Crippen LogP contribution in [-0.2, 0) is 16.1 Å². The maximum absolute atomic E-state index is 11.4. The van der Waals surface area contributed by atoms with E-state index in [-0.39, 0.29) is 17.3 Å². The molecule has 0 amide bonds. The van der Waals surface area contributed by atoms with Gasteiger partial charge in [-0.2, -0.15) is 0 Å². The van der Waals surface area contributed by atoms with Crippen LogP contribution in [0.4, 0.5) is 5.69 Å². The molecule has 0 aliphatic heterocycles. The smallest absolute Gasteiger partial charge is 0.308 e. The van der Waals surface area contributed by atoms with E-state index >= 15 is 0 Å². The van der Waals surface area contributed by atoms with Gasteiger partial charge in [0, 0.05) is 12.2 Å². The van der Waals surface area contributed by atoms with E-state index < -0.39 is 0 Å². The van der Waals surface area contributed by atoms with Crippen LogP contribution in [0.5, 0.6) is 0 Å². The Morgan fingerprint density at radius 2 is 1.79 bits per heavy atom. The Balaban J connectivity index is 2.46. The number of ether oxygens (including phenoxy) is 1. The van der Waals surface area contributed by atoms with Gasteiger partial charge in [-0.1, -0.05) is 46.8 Å². The zero-order chi connectivity index (χ0) is 14.5. The highest BCUT2D eigenvalue weighted by Gasteiger charge is 2.10. The highest BCUT2D eigenvalue weighted by atomic mass is 16.5. The first kappa shape index (κ1) is 15.5. The van der Waals surface area contributed by atoms with E-state index in [1.54, 1.807) is 0 Å². The maximum atomic E-state index is 11.4. The number of nitrogens with one attached hydrogen (secondary N) is 1. The van der Waals surface area contributed by atoms with Gasteiger partial charge in [0.1, 0.15) is 6.61 Å². The third-order valence-corrected chi connectivity index (χ3v) is 2.63. The lowest BCUT2D eigenvalue weighted by Crippen LogP contribution is -2.18. The summed E-state index contributed by atoms with van der Waals surface area (Å²) in [6.45, 7) is 11.5. The summed E-state index contributed by atoms with van der Waals surface area (Å²) in [6, 6.07) is 8.01. The Morgan fingerprint density at radius 1 is 1.21 bits per heavy atom. The van der Waals surface area contributed by atoms with Crippen molar-refractivity contribution in [1.82, 2.24) is 0 Å². The Bertz CT molecular complexity index is 402. The fourth-order valence-corrected chi connectivity index (χ4v) is 1.41. The van der Waals surface area contributed by atoms with E-state index in [0.29, 0.717) is 6.61 Å². The average Bonchev–Trinajstić information content (AvgIpc) is 2.33. The summed E-state index contributed by atoms with van der Waals surface area (Å²) < 4.78 is 5.18. The Labute approximate surface area is 116 Å². The van der Waals surface area contributed by atoms with Crippen molar-refractivity contribution in [1.29, 1.82) is 0 Å². The first-order valence-corrected chi connectivity index (χ1v) is 6.77. The number of carbonyl (C=O) groups excluding carboxylic acids is 1. The summed E-state index contributed by atoms with van der Waals surface area (Å²) >= 11 is 0. The topological polar surface area (TPSA) is 38.3 Å². The quantitative estimate of drug-likeness (QED) is 0.820. The molecule has 0 aromatic heterocycles. The van der Waals surface area contributed by atoms with Gasteiger partial charge in [0.25, 0.3) is 0 Å². The van der Waals surface area contributed by atoms with Crippen molar-refractivity contribution >= 4 is 11.7 Å². The van der Waals surface area contributed by atoms with Crippen molar-refractivity contribution in [3.8, 4) is 0 Å². The molecule has 0 heterocycles. The number of hydrogen-bond donors (Lipinski definition) is 1. The van der Waals surface area contributed by atoms with E-state index in [4.69, 9.17) is 4.74 Å². The van der Waals surface area contributed by atoms with Crippen LogP contribution >= 0.6 is 0 Å². The lowest BCUT2D eigenvalue weighted by atomic mass is 9.97. The molecule has 1 aromatic carbocycles. The highest BCUT2D eigenvalue weighted by Crippen LogP contribution is 2.16. The van der Waals surface area contributed by atoms with Gasteiger partial charge in [-0.15, -0.1) is 0 Å². The monoisotopic (exact) mass is 263 g/mol. The first-order valence-electron chi connectivity index (χ1n) is 6.77. The number of benzene rings is 1. The van der Waals surface area contributed by atoms with Crippen LogP contribution in [0.15, 0.2) is 24.3 Å². The second-order valence-electron chi connectivity index (χ2n) is 6.37. The average molecular weight is 263 g/mol. The molecule has 0 saturated heterocycles. The molecule has 0 bridgehead atoms. The number of anilines is 1. The van der Waals surface area contributed by atoms with Crippen molar-refractivity contribution in [3.63, 3.8) is 0 Å².